The Bertz CT molecular complexity index is 1220. The Hall–Kier alpha value is -4.12. The topological polar surface area (TPSA) is 79.2 Å². The second-order valence-corrected chi connectivity index (χ2v) is 8.21. The van der Waals surface area contributed by atoms with Crippen LogP contribution in [-0.2, 0) is 0 Å². The first-order chi connectivity index (χ1) is 17.4. The number of hydrogen-bond acceptors (Lipinski definition) is 6. The zero-order chi connectivity index (χ0) is 25.9. The third-order valence-electron chi connectivity index (χ3n) is 5.39. The molecule has 2 aromatic carbocycles. The van der Waals surface area contributed by atoms with Crippen LogP contribution in [0.1, 0.15) is 44.2 Å². The molecule has 1 atom stereocenters. The van der Waals surface area contributed by atoms with Gasteiger partial charge in [-0.25, -0.2) is 13.8 Å². The van der Waals surface area contributed by atoms with Crippen molar-refractivity contribution >= 4 is 23.3 Å². The van der Waals surface area contributed by atoms with Crippen LogP contribution in [0.3, 0.4) is 0 Å². The van der Waals surface area contributed by atoms with E-state index in [1.807, 2.05) is 43.3 Å². The number of aromatic nitrogens is 1. The number of nitrogens with one attached hydrogen (secondary N) is 2. The average molecular weight is 493 g/mol. The van der Waals surface area contributed by atoms with Gasteiger partial charge >= 0.3 is 0 Å². The molecule has 36 heavy (non-hydrogen) atoms. The highest BCUT2D eigenvalue weighted by Crippen LogP contribution is 2.33. The van der Waals surface area contributed by atoms with Crippen molar-refractivity contribution in [2.24, 2.45) is 0 Å². The number of unbranched alkanes of at least 4 members (excludes halogenated alkanes) is 2. The molecular weight excluding hydrogens is 462 g/mol. The molecule has 0 aliphatic heterocycles. The molecule has 0 saturated carbocycles. The van der Waals surface area contributed by atoms with Crippen molar-refractivity contribution in [2.45, 2.75) is 39.2 Å². The fourth-order valence-corrected chi connectivity index (χ4v) is 3.49. The fraction of sp³-hybridized carbons (Fsp3) is 0.286. The predicted octanol–water partition coefficient (Wildman–Crippen LogP) is 7.07. The van der Waals surface area contributed by atoms with Crippen LogP contribution in [0.2, 0.25) is 0 Å². The first-order valence-corrected chi connectivity index (χ1v) is 11.8. The zero-order valence-electron chi connectivity index (χ0n) is 20.6. The van der Waals surface area contributed by atoms with Gasteiger partial charge < -0.3 is 20.1 Å². The van der Waals surface area contributed by atoms with Gasteiger partial charge in [0.05, 0.1) is 30.7 Å². The van der Waals surface area contributed by atoms with Gasteiger partial charge in [-0.15, -0.1) is 0 Å². The highest BCUT2D eigenvalue weighted by atomic mass is 19.2. The maximum atomic E-state index is 14.1. The van der Waals surface area contributed by atoms with Gasteiger partial charge in [0, 0.05) is 29.9 Å². The number of methoxy groups -OCH3 is 1. The number of hydrogen-bond donors (Lipinski definition) is 2. The molecule has 6 nitrogen and oxygen atoms in total. The van der Waals surface area contributed by atoms with Crippen LogP contribution >= 0.6 is 0 Å². The van der Waals surface area contributed by atoms with Gasteiger partial charge in [-0.05, 0) is 31.5 Å². The minimum Gasteiger partial charge on any atom is -0.493 e. The summed E-state index contributed by atoms with van der Waals surface area (Å²) in [6, 6.07) is 12.8. The molecule has 3 rings (SSSR count). The molecule has 0 aliphatic carbocycles. The lowest BCUT2D eigenvalue weighted by Gasteiger charge is -2.18. The van der Waals surface area contributed by atoms with Crippen molar-refractivity contribution in [3.05, 3.63) is 77.5 Å². The molecule has 3 aromatic rings. The van der Waals surface area contributed by atoms with E-state index in [0.717, 1.165) is 37.0 Å². The lowest BCUT2D eigenvalue weighted by molar-refractivity contribution is 0.285. The minimum absolute atomic E-state index is 0.247. The first-order valence-electron chi connectivity index (χ1n) is 11.8. The van der Waals surface area contributed by atoms with Gasteiger partial charge in [0.2, 0.25) is 0 Å². The molecule has 2 N–H and O–H groups in total. The normalized spacial score (nSPS) is 11.7. The third kappa shape index (κ3) is 7.19. The Balaban J connectivity index is 1.78. The van der Waals surface area contributed by atoms with Crippen LogP contribution in [0.15, 0.2) is 54.7 Å². The summed E-state index contributed by atoms with van der Waals surface area (Å²) in [5.41, 5.74) is 1.92. The Morgan fingerprint density at radius 1 is 1.11 bits per heavy atom. The summed E-state index contributed by atoms with van der Waals surface area (Å²) in [6.07, 6.45) is 8.35. The van der Waals surface area contributed by atoms with Gasteiger partial charge in [0.15, 0.2) is 23.1 Å². The highest BCUT2D eigenvalue weighted by Gasteiger charge is 2.13. The quantitative estimate of drug-likeness (QED) is 0.263. The van der Waals surface area contributed by atoms with E-state index in [2.05, 4.69) is 22.5 Å². The van der Waals surface area contributed by atoms with E-state index in [0.29, 0.717) is 40.9 Å². The van der Waals surface area contributed by atoms with E-state index < -0.39 is 11.6 Å². The molecule has 1 heterocycles. The van der Waals surface area contributed by atoms with Crippen molar-refractivity contribution in [3.63, 3.8) is 0 Å². The molecule has 0 fully saturated rings. The van der Waals surface area contributed by atoms with Gasteiger partial charge in [-0.3, -0.25) is 0 Å². The second-order valence-electron chi connectivity index (χ2n) is 8.21. The third-order valence-corrected chi connectivity index (χ3v) is 5.39. The Morgan fingerprint density at radius 3 is 2.56 bits per heavy atom. The number of anilines is 3. The molecule has 8 heteroatoms. The average Bonchev–Trinajstić information content (AvgIpc) is 2.89. The van der Waals surface area contributed by atoms with E-state index >= 15 is 0 Å². The number of benzene rings is 2. The summed E-state index contributed by atoms with van der Waals surface area (Å²) in [5.74, 6) is -0.242. The Morgan fingerprint density at radius 2 is 1.89 bits per heavy atom. The molecule has 0 spiro atoms. The fourth-order valence-electron chi connectivity index (χ4n) is 3.49. The van der Waals surface area contributed by atoms with Crippen LogP contribution in [-0.4, -0.2) is 24.7 Å². The molecule has 188 valence electrons. The molecule has 1 unspecified atom stereocenters. The van der Waals surface area contributed by atoms with Gasteiger partial charge in [0.25, 0.3) is 0 Å². The second kappa shape index (κ2) is 13.1. The molecule has 0 radical (unpaired) electrons. The Labute approximate surface area is 210 Å². The summed E-state index contributed by atoms with van der Waals surface area (Å²) in [6.45, 7) is 4.63. The Kier molecular flexibility index (Phi) is 9.64. The van der Waals surface area contributed by atoms with Crippen LogP contribution in [0.4, 0.5) is 26.0 Å². The molecule has 0 bridgehead atoms. The van der Waals surface area contributed by atoms with E-state index in [4.69, 9.17) is 14.7 Å². The van der Waals surface area contributed by atoms with Crippen LogP contribution in [0.25, 0.3) is 6.08 Å². The number of para-hydroxylation sites is 1. The summed E-state index contributed by atoms with van der Waals surface area (Å²) in [7, 11) is 1.60. The maximum absolute atomic E-state index is 14.1. The SMILES string of the molecule is CCCCCOc1c(/C=C/C(C)Nc2cc(F)c(F)cc2Nc2ccc(C#N)cn2)cccc1OC. The number of halogens is 2. The van der Waals surface area contributed by atoms with Crippen LogP contribution < -0.4 is 20.1 Å². The van der Waals surface area contributed by atoms with E-state index in [9.17, 15) is 8.78 Å². The standard InChI is InChI=1S/C28H30F2N4O2/c1-4-5-6-14-36-28-21(8-7-9-26(28)35-3)12-10-19(2)33-24-15-22(29)23(30)16-25(24)34-27-13-11-20(17-31)18-32-27/h7-13,15-16,18-19,33H,4-6,14H2,1-3H3,(H,32,34)/b12-10+. The van der Waals surface area contributed by atoms with Crippen LogP contribution in [0, 0.1) is 23.0 Å². The number of rotatable bonds is 12. The van der Waals surface area contributed by atoms with Crippen molar-refractivity contribution in [3.8, 4) is 17.6 Å². The minimum atomic E-state index is -0.985. The molecule has 0 saturated heterocycles. The molecule has 0 amide bonds. The van der Waals surface area contributed by atoms with Gasteiger partial charge in [0.1, 0.15) is 11.9 Å². The van der Waals surface area contributed by atoms with E-state index in [1.165, 1.54) is 6.20 Å². The molecular formula is C28H30F2N4O2. The monoisotopic (exact) mass is 492 g/mol. The lowest BCUT2D eigenvalue weighted by atomic mass is 10.1. The number of nitriles is 1. The predicted molar refractivity (Wildman–Crippen MR) is 139 cm³/mol. The summed E-state index contributed by atoms with van der Waals surface area (Å²) >= 11 is 0. The number of nitrogens with zero attached hydrogens (tertiary/aromatic N) is 2. The summed E-state index contributed by atoms with van der Waals surface area (Å²) in [5, 5.41) is 15.1. The largest absolute Gasteiger partial charge is 0.493 e. The molecule has 0 aliphatic rings. The van der Waals surface area contributed by atoms with Crippen molar-refractivity contribution in [2.75, 3.05) is 24.4 Å². The smallest absolute Gasteiger partial charge is 0.168 e. The van der Waals surface area contributed by atoms with E-state index in [1.54, 1.807) is 19.2 Å². The molecule has 1 aromatic heterocycles. The lowest BCUT2D eigenvalue weighted by Crippen LogP contribution is -2.14. The highest BCUT2D eigenvalue weighted by molar-refractivity contribution is 5.74. The summed E-state index contributed by atoms with van der Waals surface area (Å²) < 4.78 is 39.6. The number of ether oxygens (including phenoxy) is 2. The zero-order valence-corrected chi connectivity index (χ0v) is 20.6. The summed E-state index contributed by atoms with van der Waals surface area (Å²) in [4.78, 5) is 4.14. The van der Waals surface area contributed by atoms with E-state index in [-0.39, 0.29) is 6.04 Å². The first kappa shape index (κ1) is 26.5. The van der Waals surface area contributed by atoms with Gasteiger partial charge in [-0.1, -0.05) is 44.1 Å². The number of pyridine rings is 1. The van der Waals surface area contributed by atoms with Crippen molar-refractivity contribution in [1.82, 2.24) is 4.98 Å². The van der Waals surface area contributed by atoms with Crippen molar-refractivity contribution in [1.29, 1.82) is 5.26 Å². The van der Waals surface area contributed by atoms with Crippen LogP contribution in [0.5, 0.6) is 11.5 Å². The van der Waals surface area contributed by atoms with Gasteiger partial charge in [-0.2, -0.15) is 5.26 Å². The maximum Gasteiger partial charge on any atom is 0.168 e. The van der Waals surface area contributed by atoms with Crippen molar-refractivity contribution < 1.29 is 18.3 Å².